The van der Waals surface area contributed by atoms with Crippen molar-refractivity contribution in [1.82, 2.24) is 4.57 Å². The lowest BCUT2D eigenvalue weighted by Crippen LogP contribution is -2.25. The average Bonchev–Trinajstić information content (AvgIpc) is 2.35. The number of carbonyl (C=O) groups is 1. The highest BCUT2D eigenvalue weighted by molar-refractivity contribution is 6.31. The normalized spacial score (nSPS) is 10.3. The predicted molar refractivity (Wildman–Crippen MR) is 71.2 cm³/mol. The van der Waals surface area contributed by atoms with Crippen molar-refractivity contribution in [2.24, 2.45) is 0 Å². The zero-order chi connectivity index (χ0) is 13.1. The first-order valence-corrected chi connectivity index (χ1v) is 5.90. The Kier molecular flexibility index (Phi) is 3.63. The van der Waals surface area contributed by atoms with Crippen LogP contribution >= 0.6 is 11.6 Å². The standard InChI is InChI=1S/C14H12ClNO2/c1-10-4-3-7-16(14(10)18)9-13(17)11-5-2-6-12(15)8-11/h2-8H,9H2,1H3. The van der Waals surface area contributed by atoms with Crippen LogP contribution in [-0.2, 0) is 6.54 Å². The first kappa shape index (κ1) is 12.6. The molecule has 3 nitrogen and oxygen atoms in total. The smallest absolute Gasteiger partial charge is 0.253 e. The zero-order valence-corrected chi connectivity index (χ0v) is 10.6. The average molecular weight is 262 g/mol. The molecule has 0 spiro atoms. The summed E-state index contributed by atoms with van der Waals surface area (Å²) in [6.45, 7) is 1.75. The van der Waals surface area contributed by atoms with E-state index in [2.05, 4.69) is 0 Å². The molecular weight excluding hydrogens is 250 g/mol. The monoisotopic (exact) mass is 261 g/mol. The lowest BCUT2D eigenvalue weighted by atomic mass is 10.1. The number of ketones is 1. The zero-order valence-electron chi connectivity index (χ0n) is 9.89. The number of hydrogen-bond acceptors (Lipinski definition) is 2. The van der Waals surface area contributed by atoms with E-state index in [4.69, 9.17) is 11.6 Å². The molecule has 4 heteroatoms. The SMILES string of the molecule is Cc1cccn(CC(=O)c2cccc(Cl)c2)c1=O. The second kappa shape index (κ2) is 5.19. The van der Waals surface area contributed by atoms with Crippen LogP contribution in [0.3, 0.4) is 0 Å². The summed E-state index contributed by atoms with van der Waals surface area (Å²) in [4.78, 5) is 23.8. The summed E-state index contributed by atoms with van der Waals surface area (Å²) in [5.41, 5.74) is 0.986. The van der Waals surface area contributed by atoms with Crippen molar-refractivity contribution in [1.29, 1.82) is 0 Å². The van der Waals surface area contributed by atoms with E-state index in [0.29, 0.717) is 16.1 Å². The molecule has 1 heterocycles. The summed E-state index contributed by atoms with van der Waals surface area (Å²) in [7, 11) is 0. The third-order valence-electron chi connectivity index (χ3n) is 2.67. The first-order chi connectivity index (χ1) is 8.58. The van der Waals surface area contributed by atoms with Crippen molar-refractivity contribution in [2.45, 2.75) is 13.5 Å². The maximum absolute atomic E-state index is 12.0. The van der Waals surface area contributed by atoms with Gasteiger partial charge in [-0.3, -0.25) is 9.59 Å². The van der Waals surface area contributed by atoms with Gasteiger partial charge in [-0.15, -0.1) is 0 Å². The molecule has 92 valence electrons. The molecule has 0 radical (unpaired) electrons. The van der Waals surface area contributed by atoms with Gasteiger partial charge >= 0.3 is 0 Å². The molecule has 1 aromatic heterocycles. The molecule has 1 aromatic carbocycles. The molecule has 0 unspecified atom stereocenters. The Morgan fingerprint density at radius 1 is 1.28 bits per heavy atom. The molecule has 0 saturated carbocycles. The van der Waals surface area contributed by atoms with E-state index in [0.717, 1.165) is 0 Å². The highest BCUT2D eigenvalue weighted by Crippen LogP contribution is 2.11. The lowest BCUT2D eigenvalue weighted by Gasteiger charge is -2.06. The number of hydrogen-bond donors (Lipinski definition) is 0. The largest absolute Gasteiger partial charge is 0.308 e. The summed E-state index contributed by atoms with van der Waals surface area (Å²) in [5.74, 6) is -0.134. The van der Waals surface area contributed by atoms with Gasteiger partial charge in [-0.2, -0.15) is 0 Å². The molecule has 18 heavy (non-hydrogen) atoms. The minimum absolute atomic E-state index is 0.0286. The van der Waals surface area contributed by atoms with E-state index >= 15 is 0 Å². The van der Waals surface area contributed by atoms with Crippen LogP contribution in [0.25, 0.3) is 0 Å². The third kappa shape index (κ3) is 2.68. The van der Waals surface area contributed by atoms with Crippen LogP contribution in [0.1, 0.15) is 15.9 Å². The number of aromatic nitrogens is 1. The minimum atomic E-state index is -0.145. The Labute approximate surface area is 110 Å². The maximum Gasteiger partial charge on any atom is 0.253 e. The van der Waals surface area contributed by atoms with Gasteiger partial charge in [0.1, 0.15) is 0 Å². The highest BCUT2D eigenvalue weighted by Gasteiger charge is 2.08. The molecule has 0 aliphatic carbocycles. The fraction of sp³-hybridized carbons (Fsp3) is 0.143. The third-order valence-corrected chi connectivity index (χ3v) is 2.91. The summed E-state index contributed by atoms with van der Waals surface area (Å²) >= 11 is 5.83. The van der Waals surface area contributed by atoms with E-state index in [1.165, 1.54) is 4.57 Å². The quantitative estimate of drug-likeness (QED) is 0.797. The van der Waals surface area contributed by atoms with Crippen molar-refractivity contribution < 1.29 is 4.79 Å². The van der Waals surface area contributed by atoms with Crippen molar-refractivity contribution in [3.05, 3.63) is 69.1 Å². The number of Topliss-reactive ketones (excluding diaryl/α,β-unsaturated/α-hetero) is 1. The summed E-state index contributed by atoms with van der Waals surface area (Å²) in [6, 6.07) is 10.2. The van der Waals surface area contributed by atoms with Crippen molar-refractivity contribution in [3.63, 3.8) is 0 Å². The van der Waals surface area contributed by atoms with E-state index in [-0.39, 0.29) is 17.9 Å². The molecule has 0 aliphatic rings. The van der Waals surface area contributed by atoms with Gasteiger partial charge in [0, 0.05) is 22.3 Å². The Morgan fingerprint density at radius 2 is 2.06 bits per heavy atom. The molecule has 0 fully saturated rings. The van der Waals surface area contributed by atoms with Crippen LogP contribution in [0.15, 0.2) is 47.4 Å². The van der Waals surface area contributed by atoms with E-state index in [1.54, 1.807) is 49.5 Å². The van der Waals surface area contributed by atoms with Gasteiger partial charge in [0.25, 0.3) is 5.56 Å². The topological polar surface area (TPSA) is 39.1 Å². The molecule has 0 N–H and O–H groups in total. The predicted octanol–water partition coefficient (Wildman–Crippen LogP) is 2.69. The minimum Gasteiger partial charge on any atom is -0.308 e. The lowest BCUT2D eigenvalue weighted by molar-refractivity contribution is 0.0971. The Hall–Kier alpha value is -1.87. The van der Waals surface area contributed by atoms with Crippen LogP contribution in [0.4, 0.5) is 0 Å². The molecule has 0 saturated heterocycles. The Morgan fingerprint density at radius 3 is 2.78 bits per heavy atom. The summed E-state index contributed by atoms with van der Waals surface area (Å²) in [5, 5.41) is 0.512. The van der Waals surface area contributed by atoms with Crippen LogP contribution in [0.2, 0.25) is 5.02 Å². The van der Waals surface area contributed by atoms with E-state index in [1.807, 2.05) is 0 Å². The van der Waals surface area contributed by atoms with E-state index in [9.17, 15) is 9.59 Å². The van der Waals surface area contributed by atoms with Crippen molar-refractivity contribution >= 4 is 17.4 Å². The Bertz CT molecular complexity index is 646. The van der Waals surface area contributed by atoms with Gasteiger partial charge < -0.3 is 4.57 Å². The molecule has 0 amide bonds. The van der Waals surface area contributed by atoms with Crippen LogP contribution in [-0.4, -0.2) is 10.4 Å². The van der Waals surface area contributed by atoms with Crippen LogP contribution in [0, 0.1) is 6.92 Å². The molecule has 0 atom stereocenters. The maximum atomic E-state index is 12.0. The number of nitrogens with zero attached hydrogens (tertiary/aromatic N) is 1. The van der Waals surface area contributed by atoms with Crippen molar-refractivity contribution in [3.8, 4) is 0 Å². The van der Waals surface area contributed by atoms with Gasteiger partial charge in [-0.25, -0.2) is 0 Å². The van der Waals surface area contributed by atoms with Crippen LogP contribution < -0.4 is 5.56 Å². The van der Waals surface area contributed by atoms with Crippen LogP contribution in [0.5, 0.6) is 0 Å². The molecule has 0 bridgehead atoms. The Balaban J connectivity index is 2.27. The van der Waals surface area contributed by atoms with Gasteiger partial charge in [-0.05, 0) is 25.1 Å². The molecule has 0 aliphatic heterocycles. The number of benzene rings is 1. The van der Waals surface area contributed by atoms with Gasteiger partial charge in [0.05, 0.1) is 6.54 Å². The summed E-state index contributed by atoms with van der Waals surface area (Å²) < 4.78 is 1.40. The second-order valence-electron chi connectivity index (χ2n) is 4.06. The van der Waals surface area contributed by atoms with Gasteiger partial charge in [0.2, 0.25) is 0 Å². The fourth-order valence-electron chi connectivity index (χ4n) is 1.69. The number of aryl methyl sites for hydroxylation is 1. The number of rotatable bonds is 3. The fourth-order valence-corrected chi connectivity index (χ4v) is 1.88. The molecule has 2 aromatic rings. The number of pyridine rings is 1. The second-order valence-corrected chi connectivity index (χ2v) is 4.49. The van der Waals surface area contributed by atoms with E-state index < -0.39 is 0 Å². The summed E-state index contributed by atoms with van der Waals surface area (Å²) in [6.07, 6.45) is 1.61. The molecular formula is C14H12ClNO2. The highest BCUT2D eigenvalue weighted by atomic mass is 35.5. The molecule has 2 rings (SSSR count). The van der Waals surface area contributed by atoms with Crippen molar-refractivity contribution in [2.75, 3.05) is 0 Å². The van der Waals surface area contributed by atoms with Gasteiger partial charge in [-0.1, -0.05) is 29.8 Å². The number of carbonyl (C=O) groups excluding carboxylic acids is 1. The first-order valence-electron chi connectivity index (χ1n) is 5.53. The van der Waals surface area contributed by atoms with Gasteiger partial charge in [0.15, 0.2) is 5.78 Å². The number of halogens is 1.